The molecule has 1 saturated heterocycles. The number of aromatic nitrogens is 1. The molecule has 4 rings (SSSR count). The van der Waals surface area contributed by atoms with Gasteiger partial charge in [0.25, 0.3) is 0 Å². The van der Waals surface area contributed by atoms with Crippen molar-refractivity contribution in [2.75, 3.05) is 25.1 Å². The number of anilines is 1. The predicted molar refractivity (Wildman–Crippen MR) is 136 cm³/mol. The van der Waals surface area contributed by atoms with Gasteiger partial charge in [-0.05, 0) is 57.2 Å². The molecule has 0 spiro atoms. The Hall–Kier alpha value is -3.33. The normalized spacial score (nSPS) is 21.4. The fourth-order valence-electron chi connectivity index (χ4n) is 4.63. The second-order valence-corrected chi connectivity index (χ2v) is 10.4. The average molecular weight is 497 g/mol. The van der Waals surface area contributed by atoms with Gasteiger partial charge >= 0.3 is 12.2 Å². The van der Waals surface area contributed by atoms with Crippen molar-refractivity contribution in [3.63, 3.8) is 0 Å². The molecule has 2 heterocycles. The highest BCUT2D eigenvalue weighted by atomic mass is 16.6. The van der Waals surface area contributed by atoms with E-state index >= 15 is 0 Å². The van der Waals surface area contributed by atoms with Gasteiger partial charge in [-0.3, -0.25) is 0 Å². The summed E-state index contributed by atoms with van der Waals surface area (Å²) in [5, 5.41) is 5.92. The first-order chi connectivity index (χ1) is 17.2. The maximum atomic E-state index is 12.3. The second kappa shape index (κ2) is 11.2. The number of hydrogen-bond donors (Lipinski definition) is 2. The molecule has 2 N–H and O–H groups in total. The molecule has 2 aliphatic rings. The molecule has 2 aromatic rings. The van der Waals surface area contributed by atoms with Gasteiger partial charge in [-0.25, -0.2) is 14.6 Å². The summed E-state index contributed by atoms with van der Waals surface area (Å²) in [5.74, 6) is 0.859. The van der Waals surface area contributed by atoms with Crippen LogP contribution in [0.1, 0.15) is 44.0 Å². The number of nitrogens with zero attached hydrogens (tertiary/aromatic N) is 2. The van der Waals surface area contributed by atoms with Crippen molar-refractivity contribution in [1.29, 1.82) is 0 Å². The highest BCUT2D eigenvalue weighted by Crippen LogP contribution is 2.26. The third-order valence-electron chi connectivity index (χ3n) is 6.38. The third-order valence-corrected chi connectivity index (χ3v) is 6.38. The Morgan fingerprint density at radius 2 is 1.83 bits per heavy atom. The molecule has 0 bridgehead atoms. The topological polar surface area (TPSA) is 102 Å². The maximum Gasteiger partial charge on any atom is 0.408 e. The van der Waals surface area contributed by atoms with Crippen LogP contribution in [0.15, 0.2) is 42.5 Å². The summed E-state index contributed by atoms with van der Waals surface area (Å²) in [6.45, 7) is 6.98. The lowest BCUT2D eigenvalue weighted by atomic mass is 9.92. The molecule has 194 valence electrons. The van der Waals surface area contributed by atoms with Gasteiger partial charge in [0.1, 0.15) is 18.0 Å². The summed E-state index contributed by atoms with van der Waals surface area (Å²) in [6, 6.07) is 13.5. The smallest absolute Gasteiger partial charge is 0.408 e. The van der Waals surface area contributed by atoms with E-state index < -0.39 is 17.8 Å². The number of hydrogen-bond acceptors (Lipinski definition) is 7. The Bertz CT molecular complexity index is 1060. The van der Waals surface area contributed by atoms with Gasteiger partial charge in [-0.15, -0.1) is 0 Å². The van der Waals surface area contributed by atoms with Crippen LogP contribution in [0.3, 0.4) is 0 Å². The molecular formula is C27H36N4O5. The molecule has 3 atom stereocenters. The van der Waals surface area contributed by atoms with Crippen molar-refractivity contribution >= 4 is 18.0 Å². The minimum absolute atomic E-state index is 0.0143. The average Bonchev–Trinajstić information content (AvgIpc) is 3.24. The van der Waals surface area contributed by atoms with E-state index in [1.165, 1.54) is 0 Å². The minimum atomic E-state index is -0.559. The molecule has 0 radical (unpaired) electrons. The molecule has 1 fully saturated rings. The molecule has 2 amide bonds. The molecule has 9 heteroatoms. The number of rotatable bonds is 6. The van der Waals surface area contributed by atoms with Gasteiger partial charge in [0.2, 0.25) is 0 Å². The van der Waals surface area contributed by atoms with E-state index in [4.69, 9.17) is 19.2 Å². The van der Waals surface area contributed by atoms with E-state index in [1.807, 2.05) is 57.2 Å². The predicted octanol–water partition coefficient (Wildman–Crippen LogP) is 3.59. The Balaban J connectivity index is 1.31. The number of ether oxygens (including phenoxy) is 3. The molecule has 1 aliphatic carbocycles. The molecule has 1 aromatic carbocycles. The molecular weight excluding hydrogens is 460 g/mol. The van der Waals surface area contributed by atoms with E-state index in [0.717, 1.165) is 35.5 Å². The molecule has 9 nitrogen and oxygen atoms in total. The highest BCUT2D eigenvalue weighted by Gasteiger charge is 2.36. The van der Waals surface area contributed by atoms with Gasteiger partial charge in [-0.2, -0.15) is 0 Å². The van der Waals surface area contributed by atoms with Crippen molar-refractivity contribution in [3.05, 3.63) is 59.3 Å². The zero-order valence-corrected chi connectivity index (χ0v) is 21.5. The zero-order chi connectivity index (χ0) is 25.7. The first kappa shape index (κ1) is 25.8. The van der Waals surface area contributed by atoms with Crippen LogP contribution in [-0.2, 0) is 33.7 Å². The Kier molecular flexibility index (Phi) is 7.98. The number of alkyl carbamates (subject to hydrolysis) is 2. The first-order valence-electron chi connectivity index (χ1n) is 12.4. The van der Waals surface area contributed by atoms with E-state index in [1.54, 1.807) is 7.11 Å². The van der Waals surface area contributed by atoms with Crippen LogP contribution in [0, 0.1) is 0 Å². The van der Waals surface area contributed by atoms with Gasteiger partial charge < -0.3 is 29.7 Å². The van der Waals surface area contributed by atoms with Crippen molar-refractivity contribution in [2.45, 2.75) is 70.4 Å². The van der Waals surface area contributed by atoms with Crippen LogP contribution in [-0.4, -0.2) is 61.2 Å². The Morgan fingerprint density at radius 3 is 2.56 bits per heavy atom. The summed E-state index contributed by atoms with van der Waals surface area (Å²) >= 11 is 0. The standard InChI is InChI=1S/C27H36N4O5/c1-27(2,3)36-26(33)30-22-15-31(16-23(22)34-4)24-13-10-19-14-20(11-12-21(19)29-24)28-25(32)35-17-18-8-6-5-7-9-18/h5-10,13,20,22-23H,11-12,14-17H2,1-4H3,(H,28,32)(H,30,33)/t20-,22-,23-/m0/s1. The molecule has 1 aliphatic heterocycles. The number of carbonyl (C=O) groups excluding carboxylic acids is 2. The van der Waals surface area contributed by atoms with Gasteiger partial charge in [0.15, 0.2) is 0 Å². The number of methoxy groups -OCH3 is 1. The Morgan fingerprint density at radius 1 is 1.06 bits per heavy atom. The molecule has 0 unspecified atom stereocenters. The van der Waals surface area contributed by atoms with Gasteiger partial charge in [0.05, 0.1) is 12.1 Å². The second-order valence-electron chi connectivity index (χ2n) is 10.4. The summed E-state index contributed by atoms with van der Waals surface area (Å²) in [6.07, 6.45) is 1.28. The lowest BCUT2D eigenvalue weighted by molar-refractivity contribution is 0.0417. The van der Waals surface area contributed by atoms with Gasteiger partial charge in [-0.1, -0.05) is 36.4 Å². The van der Waals surface area contributed by atoms with Crippen molar-refractivity contribution in [2.24, 2.45) is 0 Å². The number of amides is 2. The van der Waals surface area contributed by atoms with Crippen LogP contribution in [0.25, 0.3) is 0 Å². The molecule has 0 saturated carbocycles. The van der Waals surface area contributed by atoms with Crippen LogP contribution in [0.5, 0.6) is 0 Å². The van der Waals surface area contributed by atoms with Crippen LogP contribution in [0.4, 0.5) is 15.4 Å². The van der Waals surface area contributed by atoms with Crippen LogP contribution in [0.2, 0.25) is 0 Å². The van der Waals surface area contributed by atoms with Crippen molar-refractivity contribution < 1.29 is 23.8 Å². The van der Waals surface area contributed by atoms with Crippen molar-refractivity contribution in [3.8, 4) is 0 Å². The summed E-state index contributed by atoms with van der Waals surface area (Å²) in [7, 11) is 1.65. The van der Waals surface area contributed by atoms with E-state index in [9.17, 15) is 9.59 Å². The number of carbonyl (C=O) groups is 2. The van der Waals surface area contributed by atoms with E-state index in [-0.39, 0.29) is 24.8 Å². The first-order valence-corrected chi connectivity index (χ1v) is 12.4. The SMILES string of the molecule is CO[C@H]1CN(c2ccc3c(n2)CC[C@H](NC(=O)OCc2ccccc2)C3)C[C@@H]1NC(=O)OC(C)(C)C. The number of nitrogens with one attached hydrogen (secondary N) is 2. The summed E-state index contributed by atoms with van der Waals surface area (Å²) in [5.41, 5.74) is 2.57. The third kappa shape index (κ3) is 6.87. The zero-order valence-electron chi connectivity index (χ0n) is 21.5. The molecule has 36 heavy (non-hydrogen) atoms. The van der Waals surface area contributed by atoms with Crippen LogP contribution < -0.4 is 15.5 Å². The minimum Gasteiger partial charge on any atom is -0.445 e. The number of fused-ring (bicyclic) bond motifs is 1. The Labute approximate surface area is 212 Å². The van der Waals surface area contributed by atoms with Crippen molar-refractivity contribution in [1.82, 2.24) is 15.6 Å². The monoisotopic (exact) mass is 496 g/mol. The lowest BCUT2D eigenvalue weighted by Gasteiger charge is -2.26. The highest BCUT2D eigenvalue weighted by molar-refractivity contribution is 5.69. The summed E-state index contributed by atoms with van der Waals surface area (Å²) < 4.78 is 16.4. The summed E-state index contributed by atoms with van der Waals surface area (Å²) in [4.78, 5) is 31.6. The fourth-order valence-corrected chi connectivity index (χ4v) is 4.63. The van der Waals surface area contributed by atoms with E-state index in [2.05, 4.69) is 21.6 Å². The van der Waals surface area contributed by atoms with E-state index in [0.29, 0.717) is 19.5 Å². The van der Waals surface area contributed by atoms with Crippen LogP contribution >= 0.6 is 0 Å². The number of benzene rings is 1. The number of pyridine rings is 1. The quantitative estimate of drug-likeness (QED) is 0.630. The molecule has 1 aromatic heterocycles. The largest absolute Gasteiger partial charge is 0.445 e. The van der Waals surface area contributed by atoms with Gasteiger partial charge in [0, 0.05) is 31.9 Å². The lowest BCUT2D eigenvalue weighted by Crippen LogP contribution is -2.45. The fraction of sp³-hybridized carbons (Fsp3) is 0.519. The maximum absolute atomic E-state index is 12.3. The number of aryl methyl sites for hydroxylation is 1.